The van der Waals surface area contributed by atoms with Crippen LogP contribution in [0.15, 0.2) is 48.5 Å². The number of nitrogens with one attached hydrogen (secondary N) is 2. The number of carbonyl (C=O) groups is 1. The Kier molecular flexibility index (Phi) is 5.09. The molecule has 3 rings (SSSR count). The molecule has 0 bridgehead atoms. The van der Waals surface area contributed by atoms with E-state index in [0.29, 0.717) is 6.61 Å². The van der Waals surface area contributed by atoms with Gasteiger partial charge in [-0.1, -0.05) is 32.9 Å². The summed E-state index contributed by atoms with van der Waals surface area (Å²) in [5, 5.41) is 6.29. The van der Waals surface area contributed by atoms with E-state index in [1.807, 2.05) is 24.3 Å². The summed E-state index contributed by atoms with van der Waals surface area (Å²) in [5.41, 5.74) is 4.28. The highest BCUT2D eigenvalue weighted by Gasteiger charge is 2.23. The Morgan fingerprint density at radius 1 is 0.960 bits per heavy atom. The van der Waals surface area contributed by atoms with Crippen LogP contribution < -0.4 is 10.6 Å². The lowest BCUT2D eigenvalue weighted by molar-refractivity contribution is -0.124. The van der Waals surface area contributed by atoms with Crippen LogP contribution in [-0.2, 0) is 14.9 Å². The van der Waals surface area contributed by atoms with E-state index in [-0.39, 0.29) is 17.4 Å². The zero-order valence-electron chi connectivity index (χ0n) is 15.1. The first-order valence-electron chi connectivity index (χ1n) is 8.82. The van der Waals surface area contributed by atoms with Crippen LogP contribution in [0.4, 0.5) is 17.1 Å². The zero-order chi connectivity index (χ0) is 17.9. The number of benzene rings is 2. The van der Waals surface area contributed by atoms with Gasteiger partial charge < -0.3 is 15.4 Å². The molecule has 0 aromatic heterocycles. The van der Waals surface area contributed by atoms with Crippen molar-refractivity contribution in [3.8, 4) is 0 Å². The smallest absolute Gasteiger partial charge is 0.253 e. The fraction of sp³-hybridized carbons (Fsp3) is 0.381. The molecular weight excluding hydrogens is 312 g/mol. The largest absolute Gasteiger partial charge is 0.368 e. The highest BCUT2D eigenvalue weighted by molar-refractivity contribution is 5.94. The summed E-state index contributed by atoms with van der Waals surface area (Å²) in [7, 11) is 0. The molecule has 2 N–H and O–H groups in total. The van der Waals surface area contributed by atoms with Gasteiger partial charge in [-0.25, -0.2) is 0 Å². The molecule has 1 amide bonds. The Balaban J connectivity index is 1.59. The maximum Gasteiger partial charge on any atom is 0.253 e. The van der Waals surface area contributed by atoms with E-state index in [2.05, 4.69) is 55.7 Å². The third kappa shape index (κ3) is 4.60. The number of hydrogen-bond donors (Lipinski definition) is 2. The van der Waals surface area contributed by atoms with Gasteiger partial charge >= 0.3 is 0 Å². The third-order valence-electron chi connectivity index (χ3n) is 4.41. The third-order valence-corrected chi connectivity index (χ3v) is 4.41. The summed E-state index contributed by atoms with van der Waals surface area (Å²) in [6.45, 7) is 7.30. The van der Waals surface area contributed by atoms with Gasteiger partial charge in [-0.15, -0.1) is 0 Å². The zero-order valence-corrected chi connectivity index (χ0v) is 15.1. The molecule has 1 heterocycles. The first-order chi connectivity index (χ1) is 11.9. The predicted octanol–water partition coefficient (Wildman–Crippen LogP) is 4.85. The maximum absolute atomic E-state index is 12.1. The fourth-order valence-corrected chi connectivity index (χ4v) is 2.86. The van der Waals surface area contributed by atoms with Crippen LogP contribution in [-0.4, -0.2) is 18.6 Å². The first kappa shape index (κ1) is 17.5. The van der Waals surface area contributed by atoms with Crippen LogP contribution in [0.5, 0.6) is 0 Å². The molecule has 1 saturated heterocycles. The van der Waals surface area contributed by atoms with Gasteiger partial charge in [0.15, 0.2) is 0 Å². The van der Waals surface area contributed by atoms with Crippen molar-refractivity contribution in [2.45, 2.75) is 45.1 Å². The molecular formula is C21H26N2O2. The topological polar surface area (TPSA) is 50.4 Å². The van der Waals surface area contributed by atoms with Crippen molar-refractivity contribution in [2.24, 2.45) is 0 Å². The Labute approximate surface area is 149 Å². The van der Waals surface area contributed by atoms with Gasteiger partial charge in [0.05, 0.1) is 0 Å². The van der Waals surface area contributed by atoms with Crippen molar-refractivity contribution in [2.75, 3.05) is 17.2 Å². The van der Waals surface area contributed by atoms with E-state index in [1.165, 1.54) is 5.56 Å². The van der Waals surface area contributed by atoms with Gasteiger partial charge in [0, 0.05) is 23.7 Å². The molecule has 0 aliphatic carbocycles. The summed E-state index contributed by atoms with van der Waals surface area (Å²) in [6.07, 6.45) is 1.45. The Hall–Kier alpha value is -2.33. The fourth-order valence-electron chi connectivity index (χ4n) is 2.86. The molecule has 1 aliphatic rings. The molecule has 0 radical (unpaired) electrons. The van der Waals surface area contributed by atoms with Crippen LogP contribution >= 0.6 is 0 Å². The molecule has 1 aliphatic heterocycles. The first-order valence-corrected chi connectivity index (χ1v) is 8.82. The van der Waals surface area contributed by atoms with E-state index in [9.17, 15) is 4.79 Å². The summed E-state index contributed by atoms with van der Waals surface area (Å²) >= 11 is 0. The normalized spacial score (nSPS) is 17.3. The van der Waals surface area contributed by atoms with Gasteiger partial charge in [-0.2, -0.15) is 0 Å². The molecule has 1 unspecified atom stereocenters. The number of hydrogen-bond acceptors (Lipinski definition) is 3. The predicted molar refractivity (Wildman–Crippen MR) is 102 cm³/mol. The second-order valence-corrected chi connectivity index (χ2v) is 7.52. The number of anilines is 3. The Morgan fingerprint density at radius 3 is 2.04 bits per heavy atom. The quantitative estimate of drug-likeness (QED) is 0.838. The SMILES string of the molecule is CC(C)(C)c1ccc(Nc2ccc(NC(=O)C3CCCO3)cc2)cc1. The average Bonchev–Trinajstić information content (AvgIpc) is 3.11. The number of rotatable bonds is 4. The van der Waals surface area contributed by atoms with Crippen LogP contribution in [0.1, 0.15) is 39.2 Å². The summed E-state index contributed by atoms with van der Waals surface area (Å²) in [4.78, 5) is 12.1. The average molecular weight is 338 g/mol. The highest BCUT2D eigenvalue weighted by atomic mass is 16.5. The molecule has 2 aromatic rings. The van der Waals surface area contributed by atoms with Crippen molar-refractivity contribution in [1.29, 1.82) is 0 Å². The van der Waals surface area contributed by atoms with E-state index >= 15 is 0 Å². The molecule has 25 heavy (non-hydrogen) atoms. The van der Waals surface area contributed by atoms with Gasteiger partial charge in [0.1, 0.15) is 6.10 Å². The van der Waals surface area contributed by atoms with Gasteiger partial charge in [0.25, 0.3) is 5.91 Å². The second kappa shape index (κ2) is 7.28. The van der Waals surface area contributed by atoms with Crippen molar-refractivity contribution < 1.29 is 9.53 Å². The molecule has 0 saturated carbocycles. The molecule has 0 spiro atoms. The summed E-state index contributed by atoms with van der Waals surface area (Å²) < 4.78 is 5.40. The standard InChI is InChI=1S/C21H26N2O2/c1-21(2,3)15-6-8-16(9-7-15)22-17-10-12-18(13-11-17)23-20(24)19-5-4-14-25-19/h6-13,19,22H,4-5,14H2,1-3H3,(H,23,24). The summed E-state index contributed by atoms with van der Waals surface area (Å²) in [6, 6.07) is 16.2. The van der Waals surface area contributed by atoms with Crippen molar-refractivity contribution in [3.63, 3.8) is 0 Å². The minimum absolute atomic E-state index is 0.0593. The number of amides is 1. The van der Waals surface area contributed by atoms with E-state index in [4.69, 9.17) is 4.74 Å². The molecule has 1 fully saturated rings. The van der Waals surface area contributed by atoms with Crippen LogP contribution in [0, 0.1) is 0 Å². The van der Waals surface area contributed by atoms with Gasteiger partial charge in [0.2, 0.25) is 0 Å². The molecule has 4 nitrogen and oxygen atoms in total. The summed E-state index contributed by atoms with van der Waals surface area (Å²) in [5.74, 6) is -0.0593. The van der Waals surface area contributed by atoms with Gasteiger partial charge in [-0.05, 0) is 60.2 Å². The van der Waals surface area contributed by atoms with Crippen LogP contribution in [0.25, 0.3) is 0 Å². The minimum Gasteiger partial charge on any atom is -0.368 e. The van der Waals surface area contributed by atoms with Crippen molar-refractivity contribution in [1.82, 2.24) is 0 Å². The monoisotopic (exact) mass is 338 g/mol. The van der Waals surface area contributed by atoms with Gasteiger partial charge in [-0.3, -0.25) is 4.79 Å². The minimum atomic E-state index is -0.306. The van der Waals surface area contributed by atoms with Crippen LogP contribution in [0.2, 0.25) is 0 Å². The van der Waals surface area contributed by atoms with Crippen LogP contribution in [0.3, 0.4) is 0 Å². The Morgan fingerprint density at radius 2 is 1.52 bits per heavy atom. The van der Waals surface area contributed by atoms with E-state index in [1.54, 1.807) is 0 Å². The van der Waals surface area contributed by atoms with Crippen molar-refractivity contribution >= 4 is 23.0 Å². The lowest BCUT2D eigenvalue weighted by atomic mass is 9.87. The molecule has 1 atom stereocenters. The second-order valence-electron chi connectivity index (χ2n) is 7.52. The van der Waals surface area contributed by atoms with Crippen molar-refractivity contribution in [3.05, 3.63) is 54.1 Å². The maximum atomic E-state index is 12.1. The molecule has 4 heteroatoms. The molecule has 132 valence electrons. The van der Waals surface area contributed by atoms with E-state index < -0.39 is 0 Å². The Bertz CT molecular complexity index is 709. The lowest BCUT2D eigenvalue weighted by Gasteiger charge is -2.19. The lowest BCUT2D eigenvalue weighted by Crippen LogP contribution is -2.26. The number of carbonyl (C=O) groups excluding carboxylic acids is 1. The number of ether oxygens (including phenoxy) is 1. The van der Waals surface area contributed by atoms with E-state index in [0.717, 1.165) is 29.9 Å². The molecule has 2 aromatic carbocycles. The highest BCUT2D eigenvalue weighted by Crippen LogP contribution is 2.25.